The highest BCUT2D eigenvalue weighted by Gasteiger charge is 2.77. The molecule has 11 atom stereocenters. The Morgan fingerprint density at radius 3 is 2.19 bits per heavy atom. The molecule has 1 saturated heterocycles. The maximum atomic E-state index is 13.8. The van der Waals surface area contributed by atoms with Gasteiger partial charge in [0.1, 0.15) is 24.4 Å². The van der Waals surface area contributed by atoms with Crippen LogP contribution < -0.4 is 0 Å². The number of allylic oxidation sites excluding steroid dienone is 2. The van der Waals surface area contributed by atoms with Crippen LogP contribution in [0.3, 0.4) is 0 Å². The van der Waals surface area contributed by atoms with Crippen molar-refractivity contribution < 1.29 is 56.8 Å². The fourth-order valence-electron chi connectivity index (χ4n) is 10.3. The number of carbonyl (C=O) groups is 5. The molecule has 2 heterocycles. The molecule has 5 rings (SSSR count). The van der Waals surface area contributed by atoms with Gasteiger partial charge < -0.3 is 32.8 Å². The van der Waals surface area contributed by atoms with E-state index in [4.69, 9.17) is 32.8 Å². The summed E-state index contributed by atoms with van der Waals surface area (Å²) in [5, 5.41) is 0. The molecule has 12 heteroatoms. The van der Waals surface area contributed by atoms with Crippen molar-refractivity contribution in [2.75, 3.05) is 13.7 Å². The molecular weight excluding hydrogens is 672 g/mol. The lowest BCUT2D eigenvalue weighted by Crippen LogP contribution is -2.72. The molecule has 52 heavy (non-hydrogen) atoms. The van der Waals surface area contributed by atoms with Crippen LogP contribution in [0.15, 0.2) is 45.8 Å². The molecule has 3 fully saturated rings. The third kappa shape index (κ3) is 6.38. The number of ether oxygens (including phenoxy) is 6. The molecule has 4 aliphatic rings. The first-order valence-corrected chi connectivity index (χ1v) is 18.2. The van der Waals surface area contributed by atoms with Crippen molar-refractivity contribution in [2.24, 2.45) is 34.0 Å². The predicted octanol–water partition coefficient (Wildman–Crippen LogP) is 6.02. The van der Waals surface area contributed by atoms with Crippen molar-refractivity contribution in [1.29, 1.82) is 0 Å². The predicted molar refractivity (Wildman–Crippen MR) is 186 cm³/mol. The third-order valence-corrected chi connectivity index (χ3v) is 12.7. The summed E-state index contributed by atoms with van der Waals surface area (Å²) in [6.45, 7) is 17.6. The van der Waals surface area contributed by atoms with E-state index in [1.54, 1.807) is 46.3 Å². The molecule has 3 aliphatic carbocycles. The minimum atomic E-state index is -1.25. The minimum Gasteiger partial charge on any atom is -0.472 e. The maximum Gasteiger partial charge on any atom is 0.333 e. The fraction of sp³-hybridized carbons (Fsp3) is 0.675. The Morgan fingerprint density at radius 2 is 1.63 bits per heavy atom. The highest BCUT2D eigenvalue weighted by atomic mass is 16.6. The first-order valence-electron chi connectivity index (χ1n) is 18.2. The zero-order valence-corrected chi connectivity index (χ0v) is 32.2. The molecule has 1 aromatic rings. The van der Waals surface area contributed by atoms with Gasteiger partial charge in [-0.15, -0.1) is 0 Å². The average Bonchev–Trinajstić information content (AvgIpc) is 3.81. The van der Waals surface area contributed by atoms with Crippen LogP contribution in [-0.2, 0) is 52.4 Å². The molecule has 0 N–H and O–H groups in total. The Morgan fingerprint density at radius 1 is 0.962 bits per heavy atom. The van der Waals surface area contributed by atoms with Crippen LogP contribution in [0.25, 0.3) is 0 Å². The van der Waals surface area contributed by atoms with Crippen molar-refractivity contribution in [3.8, 4) is 0 Å². The van der Waals surface area contributed by atoms with Crippen LogP contribution in [0.1, 0.15) is 100.0 Å². The summed E-state index contributed by atoms with van der Waals surface area (Å²) in [7, 11) is 1.31. The minimum absolute atomic E-state index is 0.134. The lowest BCUT2D eigenvalue weighted by atomic mass is 9.39. The lowest BCUT2D eigenvalue weighted by Gasteiger charge is -2.66. The number of methoxy groups -OCH3 is 1. The summed E-state index contributed by atoms with van der Waals surface area (Å²) in [4.78, 5) is 66.5. The van der Waals surface area contributed by atoms with E-state index in [-0.39, 0.29) is 25.4 Å². The van der Waals surface area contributed by atoms with Crippen LogP contribution in [0.5, 0.6) is 0 Å². The molecule has 0 radical (unpaired) electrons. The summed E-state index contributed by atoms with van der Waals surface area (Å²) < 4.78 is 42.7. The second-order valence-corrected chi connectivity index (χ2v) is 16.0. The van der Waals surface area contributed by atoms with Gasteiger partial charge in [0.05, 0.1) is 38.3 Å². The average molecular weight is 727 g/mol. The second-order valence-electron chi connectivity index (χ2n) is 16.0. The quantitative estimate of drug-likeness (QED) is 0.120. The molecule has 0 aromatic carbocycles. The largest absolute Gasteiger partial charge is 0.472 e. The monoisotopic (exact) mass is 726 g/mol. The van der Waals surface area contributed by atoms with E-state index >= 15 is 0 Å². The van der Waals surface area contributed by atoms with Crippen LogP contribution >= 0.6 is 0 Å². The molecule has 0 bridgehead atoms. The normalized spacial score (nSPS) is 37.0. The molecule has 12 nitrogen and oxygen atoms in total. The Hall–Kier alpha value is -3.93. The van der Waals surface area contributed by atoms with Crippen LogP contribution in [0.4, 0.5) is 0 Å². The van der Waals surface area contributed by atoms with Crippen LogP contribution in [0.2, 0.25) is 0 Å². The summed E-state index contributed by atoms with van der Waals surface area (Å²) in [6.07, 6.45) is 1.08. The Balaban J connectivity index is 1.85. The van der Waals surface area contributed by atoms with E-state index < -0.39 is 94.4 Å². The number of furan rings is 1. The summed E-state index contributed by atoms with van der Waals surface area (Å²) in [5.74, 6) is -4.55. The molecule has 0 unspecified atom stereocenters. The fourth-order valence-corrected chi connectivity index (χ4v) is 10.3. The summed E-state index contributed by atoms with van der Waals surface area (Å²) >= 11 is 0. The highest BCUT2D eigenvalue weighted by Crippen LogP contribution is 2.72. The molecule has 1 aliphatic heterocycles. The molecule has 1 aromatic heterocycles. The number of esters is 5. The Labute approximate surface area is 305 Å². The summed E-state index contributed by atoms with van der Waals surface area (Å²) in [6, 6.07) is 1.87. The number of rotatable bonds is 10. The van der Waals surface area contributed by atoms with Crippen molar-refractivity contribution in [2.45, 2.75) is 125 Å². The van der Waals surface area contributed by atoms with Gasteiger partial charge in [-0.3, -0.25) is 19.2 Å². The molecule has 0 amide bonds. The first-order chi connectivity index (χ1) is 24.4. The third-order valence-electron chi connectivity index (χ3n) is 12.7. The van der Waals surface area contributed by atoms with Gasteiger partial charge >= 0.3 is 29.8 Å². The smallest absolute Gasteiger partial charge is 0.333 e. The SMILES string of the molecule is C/C=C(/C)C(=O)O[C@H]1C[C@@H](OC(C)=O)[C@@]2(C)CO[C@H]3[C@@H](OC(=O)C(C)C)[C@@](C)(C4=C(C)[C@H](c5ccoc5)C[C@@H]4OC(C)=O)[C@H](CC(=O)OC)[C@]1(C)[C@H]32. The van der Waals surface area contributed by atoms with E-state index in [1.807, 2.05) is 33.8 Å². The van der Waals surface area contributed by atoms with Crippen molar-refractivity contribution >= 4 is 29.8 Å². The van der Waals surface area contributed by atoms with Crippen LogP contribution in [-0.4, -0.2) is 74.1 Å². The van der Waals surface area contributed by atoms with E-state index in [0.717, 1.165) is 11.1 Å². The van der Waals surface area contributed by atoms with Gasteiger partial charge in [-0.1, -0.05) is 46.3 Å². The molecule has 2 saturated carbocycles. The van der Waals surface area contributed by atoms with E-state index in [9.17, 15) is 24.0 Å². The van der Waals surface area contributed by atoms with Gasteiger partial charge in [0.25, 0.3) is 0 Å². The van der Waals surface area contributed by atoms with E-state index in [0.29, 0.717) is 17.6 Å². The van der Waals surface area contributed by atoms with Crippen molar-refractivity contribution in [3.63, 3.8) is 0 Å². The number of hydrogen-bond acceptors (Lipinski definition) is 12. The van der Waals surface area contributed by atoms with Gasteiger partial charge in [0, 0.05) is 60.3 Å². The number of hydrogen-bond donors (Lipinski definition) is 0. The van der Waals surface area contributed by atoms with E-state index in [2.05, 4.69) is 0 Å². The first kappa shape index (κ1) is 39.3. The van der Waals surface area contributed by atoms with Crippen LogP contribution in [0, 0.1) is 34.0 Å². The highest BCUT2D eigenvalue weighted by molar-refractivity contribution is 5.87. The Bertz CT molecular complexity index is 1640. The zero-order valence-electron chi connectivity index (χ0n) is 32.2. The number of carbonyl (C=O) groups excluding carboxylic acids is 5. The lowest BCUT2D eigenvalue weighted by molar-refractivity contribution is -0.261. The molecule has 286 valence electrons. The molecule has 0 spiro atoms. The zero-order chi connectivity index (χ0) is 38.5. The van der Waals surface area contributed by atoms with Gasteiger partial charge in [0.2, 0.25) is 0 Å². The second kappa shape index (κ2) is 14.5. The van der Waals surface area contributed by atoms with Crippen molar-refractivity contribution in [3.05, 3.63) is 47.0 Å². The Kier molecular flexibility index (Phi) is 10.9. The van der Waals surface area contributed by atoms with Gasteiger partial charge in [-0.05, 0) is 50.3 Å². The summed E-state index contributed by atoms with van der Waals surface area (Å²) in [5.41, 5.74) is -0.301. The van der Waals surface area contributed by atoms with Gasteiger partial charge in [0.15, 0.2) is 0 Å². The standard InChI is InChI=1S/C40H54O12/c1-12-21(4)37(45)51-30-17-29(50-24(7)42)38(8)19-48-33-34(38)39(30,9)28(16-31(43)46-11)40(10,35(33)52-36(44)20(2)3)32-22(5)26(25-13-14-47-18-25)15-27(32)49-23(6)41/h12-14,18,20,26-30,33-35H,15-17,19H2,1-11H3/b21-12-/t26-,27+,28-,29-,30+,33-,34-,35-,38-,39+,40-/m1/s1. The molecular formula is C40H54O12. The van der Waals surface area contributed by atoms with Gasteiger partial charge in [-0.2, -0.15) is 0 Å². The topological polar surface area (TPSA) is 154 Å². The van der Waals surface area contributed by atoms with Crippen molar-refractivity contribution in [1.82, 2.24) is 0 Å². The van der Waals surface area contributed by atoms with Gasteiger partial charge in [-0.25, -0.2) is 4.79 Å². The van der Waals surface area contributed by atoms with E-state index in [1.165, 1.54) is 21.0 Å². The maximum absolute atomic E-state index is 13.8.